The van der Waals surface area contributed by atoms with Gasteiger partial charge in [-0.1, -0.05) is 12.1 Å². The van der Waals surface area contributed by atoms with Crippen molar-refractivity contribution >= 4 is 16.7 Å². The molecule has 0 saturated heterocycles. The topological polar surface area (TPSA) is 71.5 Å². The third kappa shape index (κ3) is 3.93. The van der Waals surface area contributed by atoms with Gasteiger partial charge < -0.3 is 19.9 Å². The lowest BCUT2D eigenvalue weighted by molar-refractivity contribution is 0.0227. The quantitative estimate of drug-likeness (QED) is 0.700. The lowest BCUT2D eigenvalue weighted by Gasteiger charge is -2.06. The molecule has 6 nitrogen and oxygen atoms in total. The van der Waals surface area contributed by atoms with Crippen LogP contribution in [-0.4, -0.2) is 49.9 Å². The summed E-state index contributed by atoms with van der Waals surface area (Å²) < 4.78 is 17.6. The summed E-state index contributed by atoms with van der Waals surface area (Å²) >= 11 is 0. The van der Waals surface area contributed by atoms with E-state index in [-0.39, 0.29) is 0 Å². The normalized spacial score (nSPS) is 11.2. The van der Waals surface area contributed by atoms with Crippen LogP contribution in [-0.2, 0) is 20.8 Å². The van der Waals surface area contributed by atoms with Gasteiger partial charge >= 0.3 is 0 Å². The fraction of sp³-hybridized carbons (Fsp3) is 0.500. The van der Waals surface area contributed by atoms with Crippen LogP contribution < -0.4 is 5.73 Å². The molecule has 0 spiro atoms. The van der Waals surface area contributed by atoms with Crippen LogP contribution in [0.1, 0.15) is 0 Å². The molecule has 0 aliphatic heterocycles. The number of hydrogen-bond donors (Lipinski definition) is 1. The molecule has 2 N–H and O–H groups in total. The third-order valence-electron chi connectivity index (χ3n) is 2.94. The van der Waals surface area contributed by atoms with Gasteiger partial charge in [0.25, 0.3) is 0 Å². The Morgan fingerprint density at radius 1 is 1.05 bits per heavy atom. The SMILES string of the molecule is COCCOCCOCCn1nc(N)c2ccccc21. The van der Waals surface area contributed by atoms with Crippen LogP contribution in [0.25, 0.3) is 10.9 Å². The van der Waals surface area contributed by atoms with Crippen LogP contribution in [0, 0.1) is 0 Å². The number of hydrogen-bond acceptors (Lipinski definition) is 5. The molecule has 0 aliphatic carbocycles. The summed E-state index contributed by atoms with van der Waals surface area (Å²) in [5.74, 6) is 0.559. The summed E-state index contributed by atoms with van der Waals surface area (Å²) in [6, 6.07) is 7.91. The van der Waals surface area contributed by atoms with Crippen LogP contribution in [0.15, 0.2) is 24.3 Å². The van der Waals surface area contributed by atoms with Crippen LogP contribution in [0.3, 0.4) is 0 Å². The number of benzene rings is 1. The van der Waals surface area contributed by atoms with Gasteiger partial charge in [0.2, 0.25) is 0 Å². The Morgan fingerprint density at radius 2 is 1.75 bits per heavy atom. The van der Waals surface area contributed by atoms with Crippen molar-refractivity contribution in [1.82, 2.24) is 9.78 Å². The minimum absolute atomic E-state index is 0.559. The smallest absolute Gasteiger partial charge is 0.153 e. The van der Waals surface area contributed by atoms with Gasteiger partial charge in [-0.15, -0.1) is 0 Å². The minimum atomic E-state index is 0.559. The van der Waals surface area contributed by atoms with Crippen molar-refractivity contribution in [2.45, 2.75) is 6.54 Å². The predicted octanol–water partition coefficient (Wildman–Crippen LogP) is 1.30. The van der Waals surface area contributed by atoms with Crippen molar-refractivity contribution in [3.05, 3.63) is 24.3 Å². The number of nitrogens with two attached hydrogens (primary N) is 1. The van der Waals surface area contributed by atoms with E-state index in [2.05, 4.69) is 5.10 Å². The number of anilines is 1. The van der Waals surface area contributed by atoms with Gasteiger partial charge in [0, 0.05) is 12.5 Å². The third-order valence-corrected chi connectivity index (χ3v) is 2.94. The first-order valence-electron chi connectivity index (χ1n) is 6.68. The molecule has 0 atom stereocenters. The summed E-state index contributed by atoms with van der Waals surface area (Å²) in [5.41, 5.74) is 6.90. The number of nitrogen functional groups attached to an aromatic ring is 1. The molecule has 0 aliphatic rings. The van der Waals surface area contributed by atoms with Crippen LogP contribution >= 0.6 is 0 Å². The van der Waals surface area contributed by atoms with Gasteiger partial charge in [-0.3, -0.25) is 4.68 Å². The van der Waals surface area contributed by atoms with Crippen molar-refractivity contribution in [2.75, 3.05) is 45.9 Å². The highest BCUT2D eigenvalue weighted by Crippen LogP contribution is 2.19. The van der Waals surface area contributed by atoms with E-state index in [1.807, 2.05) is 28.9 Å². The molecule has 110 valence electrons. The van der Waals surface area contributed by atoms with Crippen molar-refractivity contribution in [3.8, 4) is 0 Å². The van der Waals surface area contributed by atoms with Crippen LogP contribution in [0.5, 0.6) is 0 Å². The van der Waals surface area contributed by atoms with Gasteiger partial charge in [-0.05, 0) is 12.1 Å². The number of nitrogens with zero attached hydrogens (tertiary/aromatic N) is 2. The number of rotatable bonds is 9. The molecular weight excluding hydrogens is 258 g/mol. The lowest BCUT2D eigenvalue weighted by atomic mass is 10.2. The van der Waals surface area contributed by atoms with E-state index in [1.54, 1.807) is 7.11 Å². The average Bonchev–Trinajstić information content (AvgIpc) is 2.79. The summed E-state index contributed by atoms with van der Waals surface area (Å²) in [6.45, 7) is 3.61. The molecule has 20 heavy (non-hydrogen) atoms. The second kappa shape index (κ2) is 7.84. The van der Waals surface area contributed by atoms with Gasteiger partial charge in [-0.25, -0.2) is 0 Å². The monoisotopic (exact) mass is 279 g/mol. The van der Waals surface area contributed by atoms with E-state index in [0.717, 1.165) is 10.9 Å². The highest BCUT2D eigenvalue weighted by atomic mass is 16.5. The molecule has 2 rings (SSSR count). The maximum atomic E-state index is 5.87. The highest BCUT2D eigenvalue weighted by molar-refractivity contribution is 5.88. The van der Waals surface area contributed by atoms with E-state index in [9.17, 15) is 0 Å². The molecule has 0 unspecified atom stereocenters. The van der Waals surface area contributed by atoms with E-state index in [4.69, 9.17) is 19.9 Å². The summed E-state index contributed by atoms with van der Waals surface area (Å²) in [5, 5.41) is 5.30. The van der Waals surface area contributed by atoms with Gasteiger partial charge in [-0.2, -0.15) is 5.10 Å². The summed E-state index contributed by atoms with van der Waals surface area (Å²) in [7, 11) is 1.65. The Bertz CT molecular complexity index is 527. The van der Waals surface area contributed by atoms with E-state index in [1.165, 1.54) is 0 Å². The molecule has 0 amide bonds. The molecular formula is C14H21N3O3. The zero-order valence-electron chi connectivity index (χ0n) is 11.7. The minimum Gasteiger partial charge on any atom is -0.382 e. The molecule has 0 radical (unpaired) electrons. The van der Waals surface area contributed by atoms with Gasteiger partial charge in [0.1, 0.15) is 0 Å². The van der Waals surface area contributed by atoms with E-state index >= 15 is 0 Å². The Kier molecular flexibility index (Phi) is 5.79. The van der Waals surface area contributed by atoms with E-state index in [0.29, 0.717) is 45.4 Å². The standard InChI is InChI=1S/C14H21N3O3/c1-18-8-9-20-11-10-19-7-6-17-13-5-3-2-4-12(13)14(15)16-17/h2-5H,6-11H2,1H3,(H2,15,16). The van der Waals surface area contributed by atoms with Crippen molar-refractivity contribution in [1.29, 1.82) is 0 Å². The molecule has 0 fully saturated rings. The van der Waals surface area contributed by atoms with Gasteiger partial charge in [0.15, 0.2) is 5.82 Å². The van der Waals surface area contributed by atoms with Gasteiger partial charge in [0.05, 0.1) is 45.1 Å². The molecule has 1 aromatic carbocycles. The Balaban J connectivity index is 1.71. The average molecular weight is 279 g/mol. The number of ether oxygens (including phenoxy) is 3. The first-order valence-corrected chi connectivity index (χ1v) is 6.68. The molecule has 0 saturated carbocycles. The first-order chi connectivity index (χ1) is 9.83. The second-order valence-corrected chi connectivity index (χ2v) is 4.34. The molecule has 6 heteroatoms. The Morgan fingerprint density at radius 3 is 2.55 bits per heavy atom. The zero-order chi connectivity index (χ0) is 14.2. The second-order valence-electron chi connectivity index (χ2n) is 4.34. The molecule has 2 aromatic rings. The molecule has 1 heterocycles. The predicted molar refractivity (Wildman–Crippen MR) is 77.7 cm³/mol. The summed E-state index contributed by atoms with van der Waals surface area (Å²) in [4.78, 5) is 0. The number of aromatic nitrogens is 2. The fourth-order valence-electron chi connectivity index (χ4n) is 1.94. The zero-order valence-corrected chi connectivity index (χ0v) is 11.7. The lowest BCUT2D eigenvalue weighted by Crippen LogP contribution is -2.12. The van der Waals surface area contributed by atoms with Crippen LogP contribution in [0.2, 0.25) is 0 Å². The van der Waals surface area contributed by atoms with E-state index < -0.39 is 0 Å². The number of para-hydroxylation sites is 1. The van der Waals surface area contributed by atoms with Crippen molar-refractivity contribution in [3.63, 3.8) is 0 Å². The summed E-state index contributed by atoms with van der Waals surface area (Å²) in [6.07, 6.45) is 0. The molecule has 1 aromatic heterocycles. The first kappa shape index (κ1) is 14.8. The largest absolute Gasteiger partial charge is 0.382 e. The Labute approximate surface area is 118 Å². The van der Waals surface area contributed by atoms with Crippen molar-refractivity contribution in [2.24, 2.45) is 0 Å². The fourth-order valence-corrected chi connectivity index (χ4v) is 1.94. The number of methoxy groups -OCH3 is 1. The Hall–Kier alpha value is -1.63. The highest BCUT2D eigenvalue weighted by Gasteiger charge is 2.06. The maximum Gasteiger partial charge on any atom is 0.153 e. The molecule has 0 bridgehead atoms. The number of fused-ring (bicyclic) bond motifs is 1. The van der Waals surface area contributed by atoms with Crippen LogP contribution in [0.4, 0.5) is 5.82 Å². The maximum absolute atomic E-state index is 5.87. The van der Waals surface area contributed by atoms with Crippen molar-refractivity contribution < 1.29 is 14.2 Å².